The fourth-order valence-corrected chi connectivity index (χ4v) is 0.706. The molecule has 0 radical (unpaired) electrons. The molecule has 0 saturated heterocycles. The molecule has 0 saturated carbocycles. The van der Waals surface area contributed by atoms with E-state index in [2.05, 4.69) is 41.2 Å². The third-order valence-electron chi connectivity index (χ3n) is 1.91. The minimum atomic E-state index is 0.546. The molecule has 0 aliphatic carbocycles. The highest BCUT2D eigenvalue weighted by Gasteiger charge is 1.94. The van der Waals surface area contributed by atoms with Crippen molar-refractivity contribution in [2.24, 2.45) is 5.92 Å². The monoisotopic (exact) mass is 194 g/mol. The van der Waals surface area contributed by atoms with E-state index in [-0.39, 0.29) is 0 Å². The van der Waals surface area contributed by atoms with Gasteiger partial charge in [0.2, 0.25) is 0 Å². The van der Waals surface area contributed by atoms with Crippen LogP contribution in [0.25, 0.3) is 0 Å². The van der Waals surface area contributed by atoms with Crippen molar-refractivity contribution in [1.29, 1.82) is 0 Å². The Balaban J connectivity index is 4.01. The quantitative estimate of drug-likeness (QED) is 0.473. The summed E-state index contributed by atoms with van der Waals surface area (Å²) in [6.45, 7) is 15.1. The summed E-state index contributed by atoms with van der Waals surface area (Å²) >= 11 is 0. The Morgan fingerprint density at radius 1 is 1.21 bits per heavy atom. The van der Waals surface area contributed by atoms with E-state index in [4.69, 9.17) is 4.74 Å². The molecule has 0 N–H and O–H groups in total. The molecule has 1 heteroatoms. The Kier molecular flexibility index (Phi) is 6.02. The van der Waals surface area contributed by atoms with E-state index < -0.39 is 0 Å². The highest BCUT2D eigenvalue weighted by molar-refractivity contribution is 5.25. The van der Waals surface area contributed by atoms with Crippen molar-refractivity contribution in [3.63, 3.8) is 0 Å². The van der Waals surface area contributed by atoms with Gasteiger partial charge in [0, 0.05) is 0 Å². The van der Waals surface area contributed by atoms with E-state index in [0.717, 1.165) is 12.4 Å². The van der Waals surface area contributed by atoms with Gasteiger partial charge in [0.15, 0.2) is 0 Å². The van der Waals surface area contributed by atoms with Gasteiger partial charge in [-0.2, -0.15) is 0 Å². The Morgan fingerprint density at radius 3 is 2.21 bits per heavy atom. The first-order valence-corrected chi connectivity index (χ1v) is 5.07. The Bertz CT molecular complexity index is 240. The van der Waals surface area contributed by atoms with Crippen LogP contribution in [-0.2, 0) is 4.74 Å². The molecule has 0 unspecified atom stereocenters. The maximum absolute atomic E-state index is 5.43. The summed E-state index contributed by atoms with van der Waals surface area (Å²) in [6.07, 6.45) is 3.96. The zero-order chi connectivity index (χ0) is 11.1. The molecular formula is C13H22O. The van der Waals surface area contributed by atoms with Crippen LogP contribution in [0.15, 0.2) is 35.6 Å². The maximum atomic E-state index is 5.43. The molecule has 0 amide bonds. The topological polar surface area (TPSA) is 9.23 Å². The number of hydrogen-bond acceptors (Lipinski definition) is 1. The van der Waals surface area contributed by atoms with Crippen LogP contribution in [0, 0.1) is 5.92 Å². The van der Waals surface area contributed by atoms with Gasteiger partial charge in [-0.05, 0) is 32.8 Å². The van der Waals surface area contributed by atoms with Crippen molar-refractivity contribution in [2.75, 3.05) is 6.61 Å². The molecule has 0 rings (SSSR count). The standard InChI is InChI=1S/C13H22O/c1-10(2)9-14-13(6)8-7-12(5)11(3)4/h7-8,10H,6,9H2,1-5H3/b8-7-. The molecule has 0 aromatic heterocycles. The van der Waals surface area contributed by atoms with Gasteiger partial charge in [-0.3, -0.25) is 0 Å². The summed E-state index contributed by atoms with van der Waals surface area (Å²) in [6, 6.07) is 0. The van der Waals surface area contributed by atoms with E-state index in [1.807, 2.05) is 12.2 Å². The molecule has 0 bridgehead atoms. The van der Waals surface area contributed by atoms with E-state index >= 15 is 0 Å². The molecule has 0 aromatic rings. The fourth-order valence-electron chi connectivity index (χ4n) is 0.706. The minimum Gasteiger partial charge on any atom is -0.494 e. The predicted octanol–water partition coefficient (Wildman–Crippen LogP) is 4.09. The van der Waals surface area contributed by atoms with E-state index in [0.29, 0.717) is 5.92 Å². The van der Waals surface area contributed by atoms with Crippen LogP contribution in [0.5, 0.6) is 0 Å². The third kappa shape index (κ3) is 6.53. The van der Waals surface area contributed by atoms with Gasteiger partial charge in [0.05, 0.1) is 6.61 Å². The lowest BCUT2D eigenvalue weighted by molar-refractivity contribution is 0.191. The summed E-state index contributed by atoms with van der Waals surface area (Å²) in [5, 5.41) is 0. The van der Waals surface area contributed by atoms with Gasteiger partial charge in [-0.25, -0.2) is 0 Å². The van der Waals surface area contributed by atoms with Gasteiger partial charge in [-0.1, -0.05) is 37.6 Å². The predicted molar refractivity (Wildman–Crippen MR) is 63.1 cm³/mol. The van der Waals surface area contributed by atoms with Crippen molar-refractivity contribution < 1.29 is 4.74 Å². The van der Waals surface area contributed by atoms with Crippen molar-refractivity contribution in [2.45, 2.75) is 34.6 Å². The lowest BCUT2D eigenvalue weighted by Gasteiger charge is -2.07. The first kappa shape index (κ1) is 13.0. The van der Waals surface area contributed by atoms with Gasteiger partial charge < -0.3 is 4.74 Å². The summed E-state index contributed by atoms with van der Waals surface area (Å²) in [5.41, 5.74) is 2.58. The Morgan fingerprint density at radius 2 is 1.79 bits per heavy atom. The van der Waals surface area contributed by atoms with Crippen LogP contribution in [0.4, 0.5) is 0 Å². The van der Waals surface area contributed by atoms with E-state index in [1.54, 1.807) is 0 Å². The Hall–Kier alpha value is -0.980. The van der Waals surface area contributed by atoms with Crippen molar-refractivity contribution in [1.82, 2.24) is 0 Å². The summed E-state index contributed by atoms with van der Waals surface area (Å²) in [7, 11) is 0. The largest absolute Gasteiger partial charge is 0.494 e. The third-order valence-corrected chi connectivity index (χ3v) is 1.91. The second-order valence-electron chi connectivity index (χ2n) is 4.19. The fraction of sp³-hybridized carbons (Fsp3) is 0.538. The van der Waals surface area contributed by atoms with Crippen LogP contribution in [-0.4, -0.2) is 6.61 Å². The molecule has 1 nitrogen and oxygen atoms in total. The smallest absolute Gasteiger partial charge is 0.112 e. The molecule has 80 valence electrons. The minimum absolute atomic E-state index is 0.546. The van der Waals surface area contributed by atoms with Gasteiger partial charge >= 0.3 is 0 Å². The second-order valence-corrected chi connectivity index (χ2v) is 4.19. The van der Waals surface area contributed by atoms with Crippen LogP contribution >= 0.6 is 0 Å². The van der Waals surface area contributed by atoms with Gasteiger partial charge in [0.1, 0.15) is 5.76 Å². The first-order chi connectivity index (χ1) is 6.43. The normalized spacial score (nSPS) is 10.7. The van der Waals surface area contributed by atoms with E-state index in [9.17, 15) is 0 Å². The highest BCUT2D eigenvalue weighted by atomic mass is 16.5. The zero-order valence-corrected chi connectivity index (χ0v) is 10.1. The SMILES string of the molecule is C=C(/C=C\C(C)=C(C)C)OCC(C)C. The molecule has 0 aliphatic heterocycles. The zero-order valence-electron chi connectivity index (χ0n) is 10.1. The average molecular weight is 194 g/mol. The average Bonchev–Trinajstić information content (AvgIpc) is 2.10. The molecule has 0 aromatic carbocycles. The number of hydrogen-bond donors (Lipinski definition) is 0. The van der Waals surface area contributed by atoms with Crippen LogP contribution in [0.1, 0.15) is 34.6 Å². The molecule has 14 heavy (non-hydrogen) atoms. The number of allylic oxidation sites excluding steroid dienone is 4. The van der Waals surface area contributed by atoms with Gasteiger partial charge in [-0.15, -0.1) is 0 Å². The van der Waals surface area contributed by atoms with Crippen LogP contribution in [0.2, 0.25) is 0 Å². The highest BCUT2D eigenvalue weighted by Crippen LogP contribution is 2.07. The summed E-state index contributed by atoms with van der Waals surface area (Å²) in [4.78, 5) is 0. The van der Waals surface area contributed by atoms with Crippen LogP contribution in [0.3, 0.4) is 0 Å². The molecule has 0 atom stereocenters. The number of rotatable bonds is 5. The molecule has 0 spiro atoms. The second kappa shape index (κ2) is 6.47. The van der Waals surface area contributed by atoms with Crippen molar-refractivity contribution in [3.8, 4) is 0 Å². The summed E-state index contributed by atoms with van der Waals surface area (Å²) in [5.74, 6) is 1.28. The molecular weight excluding hydrogens is 172 g/mol. The lowest BCUT2D eigenvalue weighted by Crippen LogP contribution is -1.99. The van der Waals surface area contributed by atoms with Crippen molar-refractivity contribution >= 4 is 0 Å². The maximum Gasteiger partial charge on any atom is 0.112 e. The Labute approximate surface area is 88.2 Å². The van der Waals surface area contributed by atoms with E-state index in [1.165, 1.54) is 11.1 Å². The molecule has 0 heterocycles. The van der Waals surface area contributed by atoms with Crippen LogP contribution < -0.4 is 0 Å². The van der Waals surface area contributed by atoms with Crippen molar-refractivity contribution in [3.05, 3.63) is 35.6 Å². The summed E-state index contributed by atoms with van der Waals surface area (Å²) < 4.78 is 5.43. The molecule has 0 fully saturated rings. The van der Waals surface area contributed by atoms with Gasteiger partial charge in [0.25, 0.3) is 0 Å². The first-order valence-electron chi connectivity index (χ1n) is 5.07. The number of ether oxygens (including phenoxy) is 1. The molecule has 0 aliphatic rings. The lowest BCUT2D eigenvalue weighted by atomic mass is 10.1.